The van der Waals surface area contributed by atoms with Crippen molar-refractivity contribution in [2.75, 3.05) is 0 Å². The summed E-state index contributed by atoms with van der Waals surface area (Å²) < 4.78 is 0. The lowest BCUT2D eigenvalue weighted by molar-refractivity contribution is 1.14. The highest BCUT2D eigenvalue weighted by atomic mass is 14.7. The highest BCUT2D eigenvalue weighted by Crippen LogP contribution is 2.15. The van der Waals surface area contributed by atoms with Crippen molar-refractivity contribution in [1.29, 1.82) is 0 Å². The predicted molar refractivity (Wildman–Crippen MR) is 49.0 cm³/mol. The van der Waals surface area contributed by atoms with Gasteiger partial charge in [-0.05, 0) is 31.4 Å². The molecule has 0 radical (unpaired) electrons. The van der Waals surface area contributed by atoms with Gasteiger partial charge < -0.3 is 0 Å². The smallest absolute Gasteiger partial charge is 0.0469 e. The van der Waals surface area contributed by atoms with Crippen molar-refractivity contribution in [3.05, 3.63) is 35.9 Å². The van der Waals surface area contributed by atoms with Crippen LogP contribution < -0.4 is 0 Å². The normalized spacial score (nSPS) is 10.5. The van der Waals surface area contributed by atoms with Crippen LogP contribution in [0.1, 0.15) is 11.4 Å². The third-order valence-corrected chi connectivity index (χ3v) is 1.95. The second-order valence-electron chi connectivity index (χ2n) is 2.95. The number of rotatable bonds is 0. The molecule has 2 aromatic heterocycles. The molecule has 0 amide bonds. The van der Waals surface area contributed by atoms with E-state index in [0.29, 0.717) is 0 Å². The van der Waals surface area contributed by atoms with E-state index >= 15 is 0 Å². The summed E-state index contributed by atoms with van der Waals surface area (Å²) in [5, 5.41) is 2.36. The fourth-order valence-electron chi connectivity index (χ4n) is 1.42. The Morgan fingerprint density at radius 1 is 1.25 bits per heavy atom. The van der Waals surface area contributed by atoms with Gasteiger partial charge in [-0.15, -0.1) is 0 Å². The Labute approximate surface area is 71.3 Å². The van der Waals surface area contributed by atoms with Crippen molar-refractivity contribution in [2.45, 2.75) is 13.8 Å². The van der Waals surface area contributed by atoms with Crippen LogP contribution in [0.3, 0.4) is 0 Å². The first kappa shape index (κ1) is 7.22. The van der Waals surface area contributed by atoms with E-state index in [1.165, 1.54) is 5.39 Å². The predicted octanol–water partition coefficient (Wildman–Crippen LogP) is 2.25. The van der Waals surface area contributed by atoms with Gasteiger partial charge >= 0.3 is 0 Å². The van der Waals surface area contributed by atoms with Gasteiger partial charge in [0.1, 0.15) is 0 Å². The van der Waals surface area contributed by atoms with Crippen LogP contribution in [-0.4, -0.2) is 9.97 Å². The molecule has 2 nitrogen and oxygen atoms in total. The summed E-state index contributed by atoms with van der Waals surface area (Å²) in [6.07, 6.45) is 3.66. The van der Waals surface area contributed by atoms with E-state index in [9.17, 15) is 0 Å². The second kappa shape index (κ2) is 2.55. The van der Waals surface area contributed by atoms with Crippen LogP contribution in [0.4, 0.5) is 0 Å². The van der Waals surface area contributed by atoms with Crippen LogP contribution in [0, 0.1) is 13.8 Å². The Balaban J connectivity index is 2.89. The molecule has 0 unspecified atom stereocenters. The molecule has 2 heteroatoms. The molecule has 2 aromatic rings. The lowest BCUT2D eigenvalue weighted by atomic mass is 10.1. The van der Waals surface area contributed by atoms with Gasteiger partial charge in [0.25, 0.3) is 0 Å². The van der Waals surface area contributed by atoms with E-state index in [1.54, 1.807) is 6.20 Å². The maximum Gasteiger partial charge on any atom is 0.0469 e. The second-order valence-corrected chi connectivity index (χ2v) is 2.95. The minimum atomic E-state index is 1.05. The molecule has 0 aromatic carbocycles. The maximum absolute atomic E-state index is 4.36. The Morgan fingerprint density at radius 3 is 2.92 bits per heavy atom. The molecule has 0 saturated heterocycles. The molecule has 2 heterocycles. The molecule has 0 atom stereocenters. The number of hydrogen-bond donors (Lipinski definition) is 0. The zero-order valence-corrected chi connectivity index (χ0v) is 7.20. The molecular weight excluding hydrogens is 148 g/mol. The monoisotopic (exact) mass is 158 g/mol. The molecule has 0 saturated carbocycles. The summed E-state index contributed by atoms with van der Waals surface area (Å²) >= 11 is 0. The molecule has 0 N–H and O–H groups in total. The van der Waals surface area contributed by atoms with Crippen LogP contribution >= 0.6 is 0 Å². The Morgan fingerprint density at radius 2 is 2.08 bits per heavy atom. The van der Waals surface area contributed by atoms with E-state index in [0.717, 1.165) is 16.8 Å². The third kappa shape index (κ3) is 1.05. The number of hydrogen-bond acceptors (Lipinski definition) is 2. The fourth-order valence-corrected chi connectivity index (χ4v) is 1.42. The Bertz CT molecular complexity index is 421. The Hall–Kier alpha value is -1.44. The molecule has 60 valence electrons. The molecule has 0 aliphatic carbocycles. The zero-order valence-electron chi connectivity index (χ0n) is 7.20. The first-order valence-electron chi connectivity index (χ1n) is 3.95. The van der Waals surface area contributed by atoms with Crippen LogP contribution in [0.5, 0.6) is 0 Å². The standard InChI is InChI=1S/C10H10N2/c1-7-5-9-3-4-11-6-10(9)8(2)12-7/h3-6H,1-2H3. The molecule has 12 heavy (non-hydrogen) atoms. The van der Waals surface area contributed by atoms with Crippen molar-refractivity contribution in [2.24, 2.45) is 0 Å². The summed E-state index contributed by atoms with van der Waals surface area (Å²) in [6, 6.07) is 4.08. The van der Waals surface area contributed by atoms with Crippen molar-refractivity contribution in [3.8, 4) is 0 Å². The van der Waals surface area contributed by atoms with Crippen LogP contribution in [0.25, 0.3) is 10.8 Å². The number of fused-ring (bicyclic) bond motifs is 1. The highest BCUT2D eigenvalue weighted by molar-refractivity contribution is 5.83. The molecule has 0 bridgehead atoms. The van der Waals surface area contributed by atoms with Crippen molar-refractivity contribution in [1.82, 2.24) is 9.97 Å². The molecule has 0 aliphatic rings. The summed E-state index contributed by atoms with van der Waals surface area (Å²) in [4.78, 5) is 8.43. The first-order chi connectivity index (χ1) is 5.77. The van der Waals surface area contributed by atoms with Gasteiger partial charge in [0.05, 0.1) is 0 Å². The SMILES string of the molecule is Cc1cc2ccncc2c(C)n1. The summed E-state index contributed by atoms with van der Waals surface area (Å²) in [7, 11) is 0. The number of pyridine rings is 2. The average Bonchev–Trinajstić information content (AvgIpc) is 2.04. The summed E-state index contributed by atoms with van der Waals surface area (Å²) in [5.41, 5.74) is 2.12. The van der Waals surface area contributed by atoms with E-state index < -0.39 is 0 Å². The topological polar surface area (TPSA) is 25.8 Å². The summed E-state index contributed by atoms with van der Waals surface area (Å²) in [6.45, 7) is 4.02. The van der Waals surface area contributed by atoms with Crippen molar-refractivity contribution < 1.29 is 0 Å². The minimum Gasteiger partial charge on any atom is -0.264 e. The van der Waals surface area contributed by atoms with Gasteiger partial charge in [0, 0.05) is 29.2 Å². The molecular formula is C10H10N2. The van der Waals surface area contributed by atoms with Gasteiger partial charge in [0.2, 0.25) is 0 Å². The van der Waals surface area contributed by atoms with Gasteiger partial charge in [-0.25, -0.2) is 0 Å². The molecule has 0 spiro atoms. The van der Waals surface area contributed by atoms with Crippen LogP contribution in [0.2, 0.25) is 0 Å². The van der Waals surface area contributed by atoms with Crippen molar-refractivity contribution in [3.63, 3.8) is 0 Å². The van der Waals surface area contributed by atoms with E-state index in [1.807, 2.05) is 26.1 Å². The van der Waals surface area contributed by atoms with Gasteiger partial charge in [-0.1, -0.05) is 0 Å². The first-order valence-corrected chi connectivity index (χ1v) is 3.95. The number of aryl methyl sites for hydroxylation is 2. The van der Waals surface area contributed by atoms with E-state index in [4.69, 9.17) is 0 Å². The lowest BCUT2D eigenvalue weighted by Crippen LogP contribution is -1.88. The van der Waals surface area contributed by atoms with Gasteiger partial charge in [-0.2, -0.15) is 0 Å². The molecule has 0 aliphatic heterocycles. The maximum atomic E-state index is 4.36. The molecule has 0 fully saturated rings. The fraction of sp³-hybridized carbons (Fsp3) is 0.200. The Kier molecular flexibility index (Phi) is 1.54. The minimum absolute atomic E-state index is 1.05. The zero-order chi connectivity index (χ0) is 8.55. The number of aromatic nitrogens is 2. The lowest BCUT2D eigenvalue weighted by Gasteiger charge is -2.01. The number of nitrogens with zero attached hydrogens (tertiary/aromatic N) is 2. The van der Waals surface area contributed by atoms with Crippen molar-refractivity contribution >= 4 is 10.8 Å². The van der Waals surface area contributed by atoms with E-state index in [2.05, 4.69) is 16.0 Å². The molecule has 2 rings (SSSR count). The van der Waals surface area contributed by atoms with Crippen LogP contribution in [0.15, 0.2) is 24.5 Å². The quantitative estimate of drug-likeness (QED) is 0.587. The van der Waals surface area contributed by atoms with Crippen LogP contribution in [-0.2, 0) is 0 Å². The average molecular weight is 158 g/mol. The van der Waals surface area contributed by atoms with Gasteiger partial charge in [0.15, 0.2) is 0 Å². The highest BCUT2D eigenvalue weighted by Gasteiger charge is 1.98. The summed E-state index contributed by atoms with van der Waals surface area (Å²) in [5.74, 6) is 0. The third-order valence-electron chi connectivity index (χ3n) is 1.95. The largest absolute Gasteiger partial charge is 0.264 e. The van der Waals surface area contributed by atoms with Gasteiger partial charge in [-0.3, -0.25) is 9.97 Å². The van der Waals surface area contributed by atoms with E-state index in [-0.39, 0.29) is 0 Å².